The van der Waals surface area contributed by atoms with Crippen LogP contribution in [0.25, 0.3) is 0 Å². The van der Waals surface area contributed by atoms with Crippen LogP contribution in [0.2, 0.25) is 0 Å². The van der Waals surface area contributed by atoms with E-state index < -0.39 is 0 Å². The van der Waals surface area contributed by atoms with Gasteiger partial charge in [-0.2, -0.15) is 0 Å². The van der Waals surface area contributed by atoms with Gasteiger partial charge in [-0.05, 0) is 50.5 Å². The van der Waals surface area contributed by atoms with Gasteiger partial charge in [0.2, 0.25) is 5.91 Å². The Morgan fingerprint density at radius 1 is 1.41 bits per heavy atom. The molecule has 1 unspecified atom stereocenters. The molecule has 3 nitrogen and oxygen atoms in total. The van der Waals surface area contributed by atoms with Gasteiger partial charge in [-0.15, -0.1) is 0 Å². The standard InChI is InChI=1S/C14H28N2O/c1-3-10-16(11-13-5-6-13)14(17)7-4-12(2)8-9-15/h12-13H,3-11,15H2,1-2H3. The summed E-state index contributed by atoms with van der Waals surface area (Å²) in [5.41, 5.74) is 5.52. The lowest BCUT2D eigenvalue weighted by molar-refractivity contribution is -0.131. The predicted octanol–water partition coefficient (Wildman–Crippen LogP) is 2.40. The van der Waals surface area contributed by atoms with E-state index in [4.69, 9.17) is 5.73 Å². The summed E-state index contributed by atoms with van der Waals surface area (Å²) in [6.07, 6.45) is 6.42. The van der Waals surface area contributed by atoms with Gasteiger partial charge in [-0.1, -0.05) is 13.8 Å². The molecule has 1 saturated carbocycles. The Hall–Kier alpha value is -0.570. The molecule has 100 valence electrons. The summed E-state index contributed by atoms with van der Waals surface area (Å²) < 4.78 is 0. The lowest BCUT2D eigenvalue weighted by Crippen LogP contribution is -2.33. The van der Waals surface area contributed by atoms with E-state index in [0.717, 1.165) is 44.8 Å². The van der Waals surface area contributed by atoms with E-state index in [2.05, 4.69) is 18.7 Å². The van der Waals surface area contributed by atoms with Crippen molar-refractivity contribution >= 4 is 5.91 Å². The van der Waals surface area contributed by atoms with E-state index >= 15 is 0 Å². The lowest BCUT2D eigenvalue weighted by Gasteiger charge is -2.22. The van der Waals surface area contributed by atoms with Crippen molar-refractivity contribution in [3.05, 3.63) is 0 Å². The quantitative estimate of drug-likeness (QED) is 0.672. The Labute approximate surface area is 106 Å². The van der Waals surface area contributed by atoms with E-state index in [1.165, 1.54) is 12.8 Å². The molecule has 1 fully saturated rings. The summed E-state index contributed by atoms with van der Waals surface area (Å²) in [6.45, 7) is 6.99. The fourth-order valence-electron chi connectivity index (χ4n) is 2.16. The first-order valence-electron chi connectivity index (χ1n) is 7.15. The van der Waals surface area contributed by atoms with Crippen LogP contribution >= 0.6 is 0 Å². The number of nitrogens with two attached hydrogens (primary N) is 1. The topological polar surface area (TPSA) is 46.3 Å². The molecule has 1 rings (SSSR count). The molecule has 1 aliphatic carbocycles. The van der Waals surface area contributed by atoms with Crippen LogP contribution in [0.1, 0.15) is 52.4 Å². The zero-order chi connectivity index (χ0) is 12.7. The highest BCUT2D eigenvalue weighted by Gasteiger charge is 2.26. The fourth-order valence-corrected chi connectivity index (χ4v) is 2.16. The number of amides is 1. The molecule has 0 aliphatic heterocycles. The largest absolute Gasteiger partial charge is 0.342 e. The molecule has 0 bridgehead atoms. The van der Waals surface area contributed by atoms with Crippen molar-refractivity contribution in [2.45, 2.75) is 52.4 Å². The van der Waals surface area contributed by atoms with Crippen LogP contribution in [0.4, 0.5) is 0 Å². The summed E-state index contributed by atoms with van der Waals surface area (Å²) in [6, 6.07) is 0. The Morgan fingerprint density at radius 2 is 2.12 bits per heavy atom. The maximum atomic E-state index is 12.1. The molecule has 0 aromatic rings. The highest BCUT2D eigenvalue weighted by atomic mass is 16.2. The van der Waals surface area contributed by atoms with Crippen molar-refractivity contribution in [3.63, 3.8) is 0 Å². The molecule has 1 atom stereocenters. The van der Waals surface area contributed by atoms with Gasteiger partial charge >= 0.3 is 0 Å². The molecule has 0 spiro atoms. The predicted molar refractivity (Wildman–Crippen MR) is 71.7 cm³/mol. The van der Waals surface area contributed by atoms with Crippen molar-refractivity contribution in [1.29, 1.82) is 0 Å². The van der Waals surface area contributed by atoms with Gasteiger partial charge in [0.15, 0.2) is 0 Å². The smallest absolute Gasteiger partial charge is 0.222 e. The van der Waals surface area contributed by atoms with Crippen LogP contribution in [0.3, 0.4) is 0 Å². The van der Waals surface area contributed by atoms with E-state index in [9.17, 15) is 4.79 Å². The van der Waals surface area contributed by atoms with Crippen molar-refractivity contribution in [1.82, 2.24) is 4.90 Å². The number of hydrogen-bond acceptors (Lipinski definition) is 2. The van der Waals surface area contributed by atoms with Crippen LogP contribution in [0.15, 0.2) is 0 Å². The number of rotatable bonds is 9. The molecule has 1 aliphatic rings. The van der Waals surface area contributed by atoms with Crippen LogP contribution in [-0.2, 0) is 4.79 Å². The Balaban J connectivity index is 2.25. The van der Waals surface area contributed by atoms with Gasteiger partial charge in [0.25, 0.3) is 0 Å². The van der Waals surface area contributed by atoms with Crippen LogP contribution in [0, 0.1) is 11.8 Å². The minimum atomic E-state index is 0.350. The maximum Gasteiger partial charge on any atom is 0.222 e. The molecule has 2 N–H and O–H groups in total. The van der Waals surface area contributed by atoms with Gasteiger partial charge in [0.1, 0.15) is 0 Å². The van der Waals surface area contributed by atoms with Crippen molar-refractivity contribution in [2.24, 2.45) is 17.6 Å². The third kappa shape index (κ3) is 6.06. The van der Waals surface area contributed by atoms with Gasteiger partial charge in [-0.25, -0.2) is 0 Å². The third-order valence-electron chi connectivity index (χ3n) is 3.53. The first kappa shape index (κ1) is 14.5. The second-order valence-corrected chi connectivity index (χ2v) is 5.50. The molecule has 0 aromatic carbocycles. The average molecular weight is 240 g/mol. The SMILES string of the molecule is CCCN(CC1CC1)C(=O)CCC(C)CCN. The number of hydrogen-bond donors (Lipinski definition) is 1. The van der Waals surface area contributed by atoms with E-state index in [1.54, 1.807) is 0 Å². The Kier molecular flexibility index (Phi) is 6.56. The Bertz CT molecular complexity index is 226. The lowest BCUT2D eigenvalue weighted by atomic mass is 10.0. The van der Waals surface area contributed by atoms with Crippen LogP contribution in [-0.4, -0.2) is 30.4 Å². The fraction of sp³-hybridized carbons (Fsp3) is 0.929. The highest BCUT2D eigenvalue weighted by molar-refractivity contribution is 5.76. The first-order chi connectivity index (χ1) is 8.17. The summed E-state index contributed by atoms with van der Waals surface area (Å²) in [5, 5.41) is 0. The van der Waals surface area contributed by atoms with E-state index in [1.807, 2.05) is 0 Å². The molecular weight excluding hydrogens is 212 g/mol. The van der Waals surface area contributed by atoms with Gasteiger partial charge in [-0.3, -0.25) is 4.79 Å². The van der Waals surface area contributed by atoms with Crippen molar-refractivity contribution in [2.75, 3.05) is 19.6 Å². The molecular formula is C14H28N2O. The third-order valence-corrected chi connectivity index (χ3v) is 3.53. The van der Waals surface area contributed by atoms with Gasteiger partial charge < -0.3 is 10.6 Å². The van der Waals surface area contributed by atoms with Gasteiger partial charge in [0, 0.05) is 19.5 Å². The number of nitrogens with zero attached hydrogens (tertiary/aromatic N) is 1. The van der Waals surface area contributed by atoms with Crippen molar-refractivity contribution in [3.8, 4) is 0 Å². The molecule has 3 heteroatoms. The molecule has 0 saturated heterocycles. The second-order valence-electron chi connectivity index (χ2n) is 5.50. The second kappa shape index (κ2) is 7.70. The molecule has 17 heavy (non-hydrogen) atoms. The van der Waals surface area contributed by atoms with Crippen LogP contribution in [0.5, 0.6) is 0 Å². The van der Waals surface area contributed by atoms with Gasteiger partial charge in [0.05, 0.1) is 0 Å². The molecule has 0 heterocycles. The number of carbonyl (C=O) groups excluding carboxylic acids is 1. The minimum Gasteiger partial charge on any atom is -0.342 e. The van der Waals surface area contributed by atoms with Crippen molar-refractivity contribution < 1.29 is 4.79 Å². The number of carbonyl (C=O) groups is 1. The highest BCUT2D eigenvalue weighted by Crippen LogP contribution is 2.30. The Morgan fingerprint density at radius 3 is 2.65 bits per heavy atom. The zero-order valence-corrected chi connectivity index (χ0v) is 11.5. The normalized spacial score (nSPS) is 16.9. The molecule has 0 aromatic heterocycles. The summed E-state index contributed by atoms with van der Waals surface area (Å²) >= 11 is 0. The minimum absolute atomic E-state index is 0.350. The molecule has 0 radical (unpaired) electrons. The average Bonchev–Trinajstić information content (AvgIpc) is 3.09. The summed E-state index contributed by atoms with van der Waals surface area (Å²) in [7, 11) is 0. The monoisotopic (exact) mass is 240 g/mol. The summed E-state index contributed by atoms with van der Waals surface area (Å²) in [4.78, 5) is 14.2. The zero-order valence-electron chi connectivity index (χ0n) is 11.5. The first-order valence-corrected chi connectivity index (χ1v) is 7.15. The van der Waals surface area contributed by atoms with E-state index in [-0.39, 0.29) is 0 Å². The molecule has 1 amide bonds. The maximum absolute atomic E-state index is 12.1. The summed E-state index contributed by atoms with van der Waals surface area (Å²) in [5.74, 6) is 1.72. The van der Waals surface area contributed by atoms with Crippen LogP contribution < -0.4 is 5.73 Å². The van der Waals surface area contributed by atoms with E-state index in [0.29, 0.717) is 18.2 Å².